The average molecular weight is 915 g/mol. The molecule has 10 heteroatoms. The number of esters is 2. The van der Waals surface area contributed by atoms with Crippen LogP contribution in [0.5, 0.6) is 0 Å². The predicted molar refractivity (Wildman–Crippen MR) is 266 cm³/mol. The Bertz CT molecular complexity index is 1080. The highest BCUT2D eigenvalue weighted by Gasteiger charge is 2.27. The fourth-order valence-corrected chi connectivity index (χ4v) is 8.59. The molecular weight excluding hydrogens is 810 g/mol. The first-order chi connectivity index (χ1) is 30.5. The zero-order valence-corrected chi connectivity index (χ0v) is 43.2. The maximum Gasteiger partial charge on any atom is 0.472 e. The van der Waals surface area contributed by atoms with E-state index in [9.17, 15) is 19.0 Å². The quantitative estimate of drug-likeness (QED) is 0.0211. The van der Waals surface area contributed by atoms with Gasteiger partial charge in [-0.25, -0.2) is 4.57 Å². The van der Waals surface area contributed by atoms with Gasteiger partial charge in [0.25, 0.3) is 0 Å². The molecule has 9 nitrogen and oxygen atoms in total. The van der Waals surface area contributed by atoms with Crippen molar-refractivity contribution in [3.63, 3.8) is 0 Å². The highest BCUT2D eigenvalue weighted by molar-refractivity contribution is 7.47. The number of hydrogen-bond donors (Lipinski definition) is 1. The number of allylic oxidation sites excluding steroid dienone is 2. The summed E-state index contributed by atoms with van der Waals surface area (Å²) in [6, 6.07) is 0. The number of carbonyl (C=O) groups is 2. The molecule has 0 aromatic carbocycles. The Morgan fingerprint density at radius 1 is 0.476 bits per heavy atom. The first-order valence-corrected chi connectivity index (χ1v) is 28.4. The molecule has 0 rings (SSSR count). The van der Waals surface area contributed by atoms with E-state index in [4.69, 9.17) is 18.5 Å². The second-order valence-corrected chi connectivity index (χ2v) is 21.1. The van der Waals surface area contributed by atoms with Gasteiger partial charge in [-0.2, -0.15) is 0 Å². The largest absolute Gasteiger partial charge is 0.472 e. The van der Waals surface area contributed by atoms with Gasteiger partial charge in [-0.3, -0.25) is 18.6 Å². The highest BCUT2D eigenvalue weighted by Crippen LogP contribution is 2.43. The summed E-state index contributed by atoms with van der Waals surface area (Å²) in [5.74, 6) is -0.819. The predicted octanol–water partition coefficient (Wildman–Crippen LogP) is 16.1. The number of nitrogens with zero attached hydrogens (tertiary/aromatic N) is 1. The zero-order chi connectivity index (χ0) is 46.4. The summed E-state index contributed by atoms with van der Waals surface area (Å²) in [6.45, 7) is 4.45. The number of phosphoric acid groups is 1. The lowest BCUT2D eigenvalue weighted by Crippen LogP contribution is -2.37. The van der Waals surface area contributed by atoms with E-state index in [-0.39, 0.29) is 25.6 Å². The van der Waals surface area contributed by atoms with Gasteiger partial charge in [0, 0.05) is 12.8 Å². The first-order valence-electron chi connectivity index (χ1n) is 26.9. The number of phosphoric ester groups is 1. The molecule has 0 radical (unpaired) electrons. The normalized spacial score (nSPS) is 13.4. The Morgan fingerprint density at radius 2 is 0.825 bits per heavy atom. The summed E-state index contributed by atoms with van der Waals surface area (Å²) < 4.78 is 34.4. The van der Waals surface area contributed by atoms with Crippen LogP contribution in [0.4, 0.5) is 0 Å². The minimum absolute atomic E-state index is 0.0308. The molecule has 0 saturated carbocycles. The summed E-state index contributed by atoms with van der Waals surface area (Å²) in [7, 11) is 1.48. The summed E-state index contributed by atoms with van der Waals surface area (Å²) >= 11 is 0. The van der Waals surface area contributed by atoms with Gasteiger partial charge in [-0.05, 0) is 32.1 Å². The van der Waals surface area contributed by atoms with Crippen LogP contribution in [0.1, 0.15) is 264 Å². The molecule has 0 saturated heterocycles. The Kier molecular flexibility index (Phi) is 45.0. The van der Waals surface area contributed by atoms with Crippen molar-refractivity contribution in [2.75, 3.05) is 47.5 Å². The number of carbonyl (C=O) groups excluding carboxylic acids is 2. The lowest BCUT2D eigenvalue weighted by atomic mass is 10.0. The van der Waals surface area contributed by atoms with Crippen LogP contribution >= 0.6 is 7.82 Å². The van der Waals surface area contributed by atoms with Crippen LogP contribution in [0.3, 0.4) is 0 Å². The molecule has 374 valence electrons. The van der Waals surface area contributed by atoms with E-state index in [0.717, 1.165) is 32.1 Å². The topological polar surface area (TPSA) is 108 Å². The standard InChI is InChI=1S/C53H104NO8P/c1-6-8-10-12-14-16-18-20-22-24-25-26-27-28-29-30-32-34-36-38-40-42-44-46-53(56)62-51(50-61-63(57,58)60-48-47-54(3,4)5)49-59-52(55)45-43-41-39-37-35-33-31-23-21-19-17-15-13-11-9-7-2/h38,40,51H,6-37,39,41-50H2,1-5H3/p+1/b40-38+/t51-/m1/s1. The van der Waals surface area contributed by atoms with E-state index in [0.29, 0.717) is 23.9 Å². The third-order valence-electron chi connectivity index (χ3n) is 12.0. The minimum atomic E-state index is -4.38. The summed E-state index contributed by atoms with van der Waals surface area (Å²) in [4.78, 5) is 35.5. The fraction of sp³-hybridized carbons (Fsp3) is 0.925. The van der Waals surface area contributed by atoms with Crippen LogP contribution in [0, 0.1) is 0 Å². The molecule has 0 fully saturated rings. The summed E-state index contributed by atoms with van der Waals surface area (Å²) in [6.07, 6.45) is 51.4. The SMILES string of the molecule is CCCCCCCCCCCCCCCCCCCC/C=C/CCCC(=O)O[C@H](COC(=O)CCCCCCCCCCCCCCCCCC)COP(=O)(O)OCC[N+](C)(C)C. The van der Waals surface area contributed by atoms with Crippen LogP contribution < -0.4 is 0 Å². The van der Waals surface area contributed by atoms with E-state index in [1.165, 1.54) is 199 Å². The average Bonchev–Trinajstić information content (AvgIpc) is 3.24. The van der Waals surface area contributed by atoms with Gasteiger partial charge in [0.05, 0.1) is 27.7 Å². The van der Waals surface area contributed by atoms with E-state index in [2.05, 4.69) is 26.0 Å². The lowest BCUT2D eigenvalue weighted by molar-refractivity contribution is -0.870. The van der Waals surface area contributed by atoms with Crippen LogP contribution in [0.2, 0.25) is 0 Å². The van der Waals surface area contributed by atoms with Crippen molar-refractivity contribution in [2.45, 2.75) is 270 Å². The number of likely N-dealkylation sites (N-methyl/N-ethyl adjacent to an activating group) is 1. The monoisotopic (exact) mass is 915 g/mol. The number of quaternary nitrogens is 1. The zero-order valence-electron chi connectivity index (χ0n) is 42.3. The molecule has 1 unspecified atom stereocenters. The van der Waals surface area contributed by atoms with Gasteiger partial charge in [-0.15, -0.1) is 0 Å². The molecule has 0 aliphatic carbocycles. The lowest BCUT2D eigenvalue weighted by Gasteiger charge is -2.24. The molecular formula is C53H105NO8P+. The van der Waals surface area contributed by atoms with Gasteiger partial charge < -0.3 is 18.9 Å². The molecule has 1 N–H and O–H groups in total. The Balaban J connectivity index is 4.20. The van der Waals surface area contributed by atoms with Crippen molar-refractivity contribution in [1.29, 1.82) is 0 Å². The molecule has 0 amide bonds. The Hall–Kier alpha value is -1.25. The second-order valence-electron chi connectivity index (χ2n) is 19.6. The smallest absolute Gasteiger partial charge is 0.462 e. The van der Waals surface area contributed by atoms with Crippen molar-refractivity contribution in [3.8, 4) is 0 Å². The maximum absolute atomic E-state index is 12.8. The van der Waals surface area contributed by atoms with E-state index in [1.54, 1.807) is 0 Å². The molecule has 0 bridgehead atoms. The highest BCUT2D eigenvalue weighted by atomic mass is 31.2. The molecule has 0 aliphatic heterocycles. The number of ether oxygens (including phenoxy) is 2. The third-order valence-corrected chi connectivity index (χ3v) is 13.0. The minimum Gasteiger partial charge on any atom is -0.462 e. The number of hydrogen-bond acceptors (Lipinski definition) is 7. The third kappa shape index (κ3) is 50.0. The summed E-state index contributed by atoms with van der Waals surface area (Å²) in [5.41, 5.74) is 0. The molecule has 0 aromatic rings. The van der Waals surface area contributed by atoms with Crippen LogP contribution in [0.15, 0.2) is 12.2 Å². The number of unbranched alkanes of at least 4 members (excludes halogenated alkanes) is 34. The Labute approximate surface area is 390 Å². The molecule has 0 aromatic heterocycles. The molecule has 0 heterocycles. The van der Waals surface area contributed by atoms with Gasteiger partial charge in [0.1, 0.15) is 19.8 Å². The van der Waals surface area contributed by atoms with Crippen molar-refractivity contribution in [1.82, 2.24) is 0 Å². The molecule has 0 spiro atoms. The van der Waals surface area contributed by atoms with Crippen molar-refractivity contribution in [2.24, 2.45) is 0 Å². The maximum atomic E-state index is 12.8. The van der Waals surface area contributed by atoms with Crippen molar-refractivity contribution >= 4 is 19.8 Å². The van der Waals surface area contributed by atoms with Crippen molar-refractivity contribution < 1.29 is 42.1 Å². The first kappa shape index (κ1) is 61.8. The van der Waals surface area contributed by atoms with Gasteiger partial charge in [0.2, 0.25) is 0 Å². The number of rotatable bonds is 50. The summed E-state index contributed by atoms with van der Waals surface area (Å²) in [5, 5.41) is 0. The van der Waals surface area contributed by atoms with Crippen LogP contribution in [-0.2, 0) is 32.7 Å². The Morgan fingerprint density at radius 3 is 1.22 bits per heavy atom. The van der Waals surface area contributed by atoms with E-state index >= 15 is 0 Å². The molecule has 63 heavy (non-hydrogen) atoms. The molecule has 2 atom stereocenters. The van der Waals surface area contributed by atoms with Crippen LogP contribution in [0.25, 0.3) is 0 Å². The van der Waals surface area contributed by atoms with E-state index in [1.807, 2.05) is 21.1 Å². The second kappa shape index (κ2) is 45.9. The van der Waals surface area contributed by atoms with Gasteiger partial charge in [-0.1, -0.05) is 231 Å². The van der Waals surface area contributed by atoms with E-state index < -0.39 is 26.5 Å². The fourth-order valence-electron chi connectivity index (χ4n) is 7.84. The van der Waals surface area contributed by atoms with Crippen molar-refractivity contribution in [3.05, 3.63) is 12.2 Å². The van der Waals surface area contributed by atoms with Gasteiger partial charge >= 0.3 is 19.8 Å². The molecule has 0 aliphatic rings. The van der Waals surface area contributed by atoms with Crippen LogP contribution in [-0.4, -0.2) is 74.9 Å². The van der Waals surface area contributed by atoms with Gasteiger partial charge in [0.15, 0.2) is 6.10 Å².